The van der Waals surface area contributed by atoms with Gasteiger partial charge in [-0.3, -0.25) is 4.79 Å². The van der Waals surface area contributed by atoms with Gasteiger partial charge < -0.3 is 10.2 Å². The Kier molecular flexibility index (Phi) is 3.89. The molecule has 0 radical (unpaired) electrons. The predicted octanol–water partition coefficient (Wildman–Crippen LogP) is 3.61. The number of rotatable bonds is 3. The Hall–Kier alpha value is -2.55. The number of phenolic OH excluding ortho intramolecular Hbond substituents is 2. The summed E-state index contributed by atoms with van der Waals surface area (Å²) in [5.41, 5.74) is 2.84. The van der Waals surface area contributed by atoms with Crippen molar-refractivity contribution in [1.29, 1.82) is 0 Å². The maximum absolute atomic E-state index is 12.0. The van der Waals surface area contributed by atoms with Crippen LogP contribution >= 0.6 is 0 Å². The average Bonchev–Trinajstić information content (AvgIpc) is 2.42. The Morgan fingerprint density at radius 3 is 2.30 bits per heavy atom. The van der Waals surface area contributed by atoms with Crippen LogP contribution in [0.3, 0.4) is 0 Å². The molecule has 0 amide bonds. The Bertz CT molecular complexity index is 661. The minimum absolute atomic E-state index is 0.0700. The molecule has 0 unspecified atom stereocenters. The van der Waals surface area contributed by atoms with Gasteiger partial charge in [-0.15, -0.1) is 0 Å². The van der Waals surface area contributed by atoms with Crippen LogP contribution in [-0.4, -0.2) is 16.0 Å². The van der Waals surface area contributed by atoms with Crippen molar-refractivity contribution in [3.63, 3.8) is 0 Å². The van der Waals surface area contributed by atoms with E-state index in [2.05, 4.69) is 0 Å². The van der Waals surface area contributed by atoms with E-state index in [0.29, 0.717) is 5.56 Å². The van der Waals surface area contributed by atoms with Crippen LogP contribution in [0.4, 0.5) is 0 Å². The third kappa shape index (κ3) is 3.06. The number of phenols is 2. The topological polar surface area (TPSA) is 57.5 Å². The number of aryl methyl sites for hydroxylation is 2. The zero-order chi connectivity index (χ0) is 14.7. The molecule has 0 atom stereocenters. The molecule has 0 aliphatic carbocycles. The van der Waals surface area contributed by atoms with Crippen molar-refractivity contribution in [1.82, 2.24) is 0 Å². The van der Waals surface area contributed by atoms with Gasteiger partial charge in [0, 0.05) is 5.56 Å². The van der Waals surface area contributed by atoms with Crippen LogP contribution in [0, 0.1) is 13.8 Å². The maximum Gasteiger partial charge on any atom is 0.185 e. The summed E-state index contributed by atoms with van der Waals surface area (Å²) in [5.74, 6) is 0.173. The minimum Gasteiger partial charge on any atom is -0.508 e. The molecule has 0 aliphatic rings. The summed E-state index contributed by atoms with van der Waals surface area (Å²) in [4.78, 5) is 12.0. The lowest BCUT2D eigenvalue weighted by Crippen LogP contribution is -1.93. The molecule has 102 valence electrons. The Morgan fingerprint density at radius 2 is 1.70 bits per heavy atom. The standard InChI is InChI=1S/C17H16O3/c1-11-8-13(9-12(2)17(11)20)6-7-16(19)14-4-3-5-15(18)10-14/h3-10,18,20H,1-2H3. The van der Waals surface area contributed by atoms with Crippen LogP contribution in [0.15, 0.2) is 42.5 Å². The minimum atomic E-state index is -0.177. The van der Waals surface area contributed by atoms with Gasteiger partial charge in [0.15, 0.2) is 5.78 Å². The second kappa shape index (κ2) is 5.61. The number of hydrogen-bond acceptors (Lipinski definition) is 3. The van der Waals surface area contributed by atoms with E-state index >= 15 is 0 Å². The molecule has 0 spiro atoms. The number of ketones is 1. The van der Waals surface area contributed by atoms with Crippen molar-refractivity contribution in [3.05, 3.63) is 64.7 Å². The number of carbonyl (C=O) groups excluding carboxylic acids is 1. The second-order valence-corrected chi connectivity index (χ2v) is 4.75. The SMILES string of the molecule is Cc1cc(C=CC(=O)c2cccc(O)c2)cc(C)c1O. The summed E-state index contributed by atoms with van der Waals surface area (Å²) < 4.78 is 0. The summed E-state index contributed by atoms with van der Waals surface area (Å²) in [5, 5.41) is 19.0. The first kappa shape index (κ1) is 13.9. The molecule has 2 aromatic rings. The lowest BCUT2D eigenvalue weighted by molar-refractivity contribution is 0.104. The molecule has 20 heavy (non-hydrogen) atoms. The average molecular weight is 268 g/mol. The molecule has 0 fully saturated rings. The smallest absolute Gasteiger partial charge is 0.185 e. The van der Waals surface area contributed by atoms with Crippen molar-refractivity contribution < 1.29 is 15.0 Å². The zero-order valence-corrected chi connectivity index (χ0v) is 11.4. The molecule has 2 aromatic carbocycles. The number of allylic oxidation sites excluding steroid dienone is 1. The highest BCUT2D eigenvalue weighted by Crippen LogP contribution is 2.23. The lowest BCUT2D eigenvalue weighted by atomic mass is 10.0. The number of carbonyl (C=O) groups is 1. The summed E-state index contributed by atoms with van der Waals surface area (Å²) >= 11 is 0. The molecule has 0 bridgehead atoms. The van der Waals surface area contributed by atoms with Crippen LogP contribution in [0.25, 0.3) is 6.08 Å². The molecule has 0 aromatic heterocycles. The van der Waals surface area contributed by atoms with Crippen LogP contribution in [0.5, 0.6) is 11.5 Å². The summed E-state index contributed by atoms with van der Waals surface area (Å²) in [6.07, 6.45) is 3.16. The van der Waals surface area contributed by atoms with Gasteiger partial charge in [0.05, 0.1) is 0 Å². The summed E-state index contributed by atoms with van der Waals surface area (Å²) in [6, 6.07) is 9.86. The third-order valence-electron chi connectivity index (χ3n) is 3.07. The van der Waals surface area contributed by atoms with Crippen LogP contribution in [-0.2, 0) is 0 Å². The van der Waals surface area contributed by atoms with E-state index in [1.54, 1.807) is 18.2 Å². The fourth-order valence-corrected chi connectivity index (χ4v) is 2.01. The molecule has 0 heterocycles. The van der Waals surface area contributed by atoms with E-state index in [1.165, 1.54) is 18.2 Å². The van der Waals surface area contributed by atoms with Crippen LogP contribution < -0.4 is 0 Å². The molecule has 2 N–H and O–H groups in total. The van der Waals surface area contributed by atoms with Crippen molar-refractivity contribution in [2.75, 3.05) is 0 Å². The normalized spacial score (nSPS) is 10.9. The van der Waals surface area contributed by atoms with E-state index in [9.17, 15) is 15.0 Å². The van der Waals surface area contributed by atoms with Gasteiger partial charge in [-0.25, -0.2) is 0 Å². The highest BCUT2D eigenvalue weighted by Gasteiger charge is 2.04. The van der Waals surface area contributed by atoms with Gasteiger partial charge in [-0.2, -0.15) is 0 Å². The molecular formula is C17H16O3. The first-order valence-electron chi connectivity index (χ1n) is 6.29. The van der Waals surface area contributed by atoms with E-state index in [1.807, 2.05) is 26.0 Å². The van der Waals surface area contributed by atoms with Gasteiger partial charge in [0.25, 0.3) is 0 Å². The molecule has 2 rings (SSSR count). The maximum atomic E-state index is 12.0. The van der Waals surface area contributed by atoms with E-state index in [4.69, 9.17) is 0 Å². The fourth-order valence-electron chi connectivity index (χ4n) is 2.01. The quantitative estimate of drug-likeness (QED) is 0.660. The molecular weight excluding hydrogens is 252 g/mol. The fraction of sp³-hybridized carbons (Fsp3) is 0.118. The highest BCUT2D eigenvalue weighted by molar-refractivity contribution is 6.07. The highest BCUT2D eigenvalue weighted by atomic mass is 16.3. The van der Waals surface area contributed by atoms with E-state index in [0.717, 1.165) is 16.7 Å². The Morgan fingerprint density at radius 1 is 1.05 bits per heavy atom. The van der Waals surface area contributed by atoms with Gasteiger partial charge in [-0.05, 0) is 60.9 Å². The molecule has 3 heteroatoms. The van der Waals surface area contributed by atoms with Gasteiger partial charge in [0.2, 0.25) is 0 Å². The predicted molar refractivity (Wildman–Crippen MR) is 79.1 cm³/mol. The number of hydrogen-bond donors (Lipinski definition) is 2. The van der Waals surface area contributed by atoms with Crippen molar-refractivity contribution in [3.8, 4) is 11.5 Å². The Balaban J connectivity index is 2.23. The first-order chi connectivity index (χ1) is 9.47. The zero-order valence-electron chi connectivity index (χ0n) is 11.4. The monoisotopic (exact) mass is 268 g/mol. The second-order valence-electron chi connectivity index (χ2n) is 4.75. The molecule has 0 saturated carbocycles. The Labute approximate surface area is 117 Å². The summed E-state index contributed by atoms with van der Waals surface area (Å²) in [6.45, 7) is 3.63. The molecule has 3 nitrogen and oxygen atoms in total. The molecule has 0 saturated heterocycles. The number of benzene rings is 2. The van der Waals surface area contributed by atoms with Crippen LogP contribution in [0.1, 0.15) is 27.0 Å². The van der Waals surface area contributed by atoms with Crippen molar-refractivity contribution >= 4 is 11.9 Å². The largest absolute Gasteiger partial charge is 0.508 e. The van der Waals surface area contributed by atoms with E-state index in [-0.39, 0.29) is 17.3 Å². The summed E-state index contributed by atoms with van der Waals surface area (Å²) in [7, 11) is 0. The van der Waals surface area contributed by atoms with Crippen molar-refractivity contribution in [2.45, 2.75) is 13.8 Å². The van der Waals surface area contributed by atoms with Gasteiger partial charge in [0.1, 0.15) is 11.5 Å². The molecule has 0 aliphatic heterocycles. The van der Waals surface area contributed by atoms with E-state index < -0.39 is 0 Å². The van der Waals surface area contributed by atoms with Crippen molar-refractivity contribution in [2.24, 2.45) is 0 Å². The first-order valence-corrected chi connectivity index (χ1v) is 6.29. The third-order valence-corrected chi connectivity index (χ3v) is 3.07. The van der Waals surface area contributed by atoms with Gasteiger partial charge in [-0.1, -0.05) is 18.2 Å². The van der Waals surface area contributed by atoms with Crippen LogP contribution in [0.2, 0.25) is 0 Å². The van der Waals surface area contributed by atoms with Gasteiger partial charge >= 0.3 is 0 Å². The number of aromatic hydroxyl groups is 2. The lowest BCUT2D eigenvalue weighted by Gasteiger charge is -2.04.